The first-order valence-electron chi connectivity index (χ1n) is 5.36. The summed E-state index contributed by atoms with van der Waals surface area (Å²) in [5, 5.41) is 9.26. The van der Waals surface area contributed by atoms with Gasteiger partial charge in [-0.1, -0.05) is 11.6 Å². The molecule has 1 fully saturated rings. The van der Waals surface area contributed by atoms with Gasteiger partial charge in [-0.05, 0) is 22.0 Å². The lowest BCUT2D eigenvalue weighted by Gasteiger charge is -2.34. The van der Waals surface area contributed by atoms with E-state index in [0.717, 1.165) is 36.5 Å². The number of piperazine rings is 1. The second-order valence-corrected chi connectivity index (χ2v) is 5.17. The molecule has 2 heterocycles. The van der Waals surface area contributed by atoms with E-state index in [1.807, 2.05) is 6.07 Å². The zero-order valence-corrected chi connectivity index (χ0v) is 11.6. The Kier molecular flexibility index (Phi) is 4.21. The van der Waals surface area contributed by atoms with Gasteiger partial charge >= 0.3 is 0 Å². The van der Waals surface area contributed by atoms with Gasteiger partial charge in [-0.2, -0.15) is 5.26 Å². The molecule has 6 heteroatoms. The summed E-state index contributed by atoms with van der Waals surface area (Å²) in [4.78, 5) is 8.68. The second-order valence-electron chi connectivity index (χ2n) is 3.88. The van der Waals surface area contributed by atoms with Gasteiger partial charge < -0.3 is 4.90 Å². The maximum Gasteiger partial charge on any atom is 0.143 e. The van der Waals surface area contributed by atoms with Gasteiger partial charge in [0.1, 0.15) is 5.82 Å². The highest BCUT2D eigenvalue weighted by molar-refractivity contribution is 9.10. The van der Waals surface area contributed by atoms with E-state index in [9.17, 15) is 0 Å². The molecule has 2 rings (SSSR count). The van der Waals surface area contributed by atoms with Gasteiger partial charge in [0, 0.05) is 32.4 Å². The number of pyridine rings is 1. The summed E-state index contributed by atoms with van der Waals surface area (Å²) in [5.74, 6) is 0.922. The first-order chi connectivity index (χ1) is 8.20. The van der Waals surface area contributed by atoms with E-state index in [2.05, 4.69) is 36.8 Å². The van der Waals surface area contributed by atoms with E-state index < -0.39 is 0 Å². The van der Waals surface area contributed by atoms with Crippen molar-refractivity contribution in [3.05, 3.63) is 21.8 Å². The first-order valence-corrected chi connectivity index (χ1v) is 6.53. The number of nitriles is 1. The van der Waals surface area contributed by atoms with Crippen LogP contribution in [0, 0.1) is 11.3 Å². The van der Waals surface area contributed by atoms with Crippen LogP contribution in [0.4, 0.5) is 5.82 Å². The predicted molar refractivity (Wildman–Crippen MR) is 71.2 cm³/mol. The van der Waals surface area contributed by atoms with E-state index in [1.54, 1.807) is 6.20 Å². The fourth-order valence-corrected chi connectivity index (χ4v) is 2.75. The van der Waals surface area contributed by atoms with Crippen molar-refractivity contribution in [3.8, 4) is 6.07 Å². The van der Waals surface area contributed by atoms with Crippen molar-refractivity contribution in [1.29, 1.82) is 5.26 Å². The normalized spacial score (nSPS) is 16.9. The van der Waals surface area contributed by atoms with Crippen molar-refractivity contribution in [2.75, 3.05) is 37.6 Å². The van der Waals surface area contributed by atoms with Crippen LogP contribution in [-0.4, -0.2) is 42.6 Å². The van der Waals surface area contributed by atoms with E-state index in [-0.39, 0.29) is 0 Å². The Hall–Kier alpha value is -0.830. The molecule has 0 atom stereocenters. The summed E-state index contributed by atoms with van der Waals surface area (Å²) in [6.07, 6.45) is 1.66. The van der Waals surface area contributed by atoms with Gasteiger partial charge in [-0.3, -0.25) is 4.90 Å². The number of nitrogens with zero attached hydrogens (tertiary/aromatic N) is 4. The third-order valence-electron chi connectivity index (χ3n) is 2.75. The van der Waals surface area contributed by atoms with Crippen LogP contribution < -0.4 is 4.90 Å². The zero-order chi connectivity index (χ0) is 12.3. The maximum absolute atomic E-state index is 8.64. The van der Waals surface area contributed by atoms with Crippen molar-refractivity contribution in [2.45, 2.75) is 0 Å². The smallest absolute Gasteiger partial charge is 0.143 e. The number of aromatic nitrogens is 1. The molecule has 1 aliphatic rings. The molecule has 0 N–H and O–H groups in total. The average molecular weight is 316 g/mol. The molecule has 90 valence electrons. The monoisotopic (exact) mass is 314 g/mol. The number of rotatable bonds is 2. The molecule has 1 saturated heterocycles. The third kappa shape index (κ3) is 3.09. The molecule has 1 aliphatic heterocycles. The van der Waals surface area contributed by atoms with Crippen LogP contribution in [0.5, 0.6) is 0 Å². The lowest BCUT2D eigenvalue weighted by Crippen LogP contribution is -2.46. The van der Waals surface area contributed by atoms with Crippen molar-refractivity contribution >= 4 is 33.3 Å². The number of hydrogen-bond acceptors (Lipinski definition) is 4. The Labute approximate surface area is 114 Å². The minimum Gasteiger partial charge on any atom is -0.353 e. The lowest BCUT2D eigenvalue weighted by atomic mass is 10.3. The Bertz CT molecular complexity index is 438. The summed E-state index contributed by atoms with van der Waals surface area (Å²) in [7, 11) is 0. The molecule has 0 bridgehead atoms. The SMILES string of the molecule is N#CCN1CCN(c2ncc(Cl)cc2Br)CC1. The van der Waals surface area contributed by atoms with E-state index >= 15 is 0 Å². The maximum atomic E-state index is 8.64. The van der Waals surface area contributed by atoms with Crippen molar-refractivity contribution in [1.82, 2.24) is 9.88 Å². The minimum atomic E-state index is 0.503. The Balaban J connectivity index is 2.03. The minimum absolute atomic E-state index is 0.503. The molecule has 0 spiro atoms. The summed E-state index contributed by atoms with van der Waals surface area (Å²) in [5.41, 5.74) is 0. The lowest BCUT2D eigenvalue weighted by molar-refractivity contribution is 0.286. The molecule has 1 aromatic heterocycles. The molecule has 0 amide bonds. The van der Waals surface area contributed by atoms with Gasteiger partial charge in [-0.25, -0.2) is 4.98 Å². The third-order valence-corrected chi connectivity index (χ3v) is 3.54. The molecule has 0 saturated carbocycles. The largest absolute Gasteiger partial charge is 0.353 e. The van der Waals surface area contributed by atoms with Gasteiger partial charge in [0.25, 0.3) is 0 Å². The highest BCUT2D eigenvalue weighted by Gasteiger charge is 2.19. The fraction of sp³-hybridized carbons (Fsp3) is 0.455. The average Bonchev–Trinajstić information content (AvgIpc) is 2.31. The second kappa shape index (κ2) is 5.67. The van der Waals surface area contributed by atoms with Gasteiger partial charge in [0.2, 0.25) is 0 Å². The summed E-state index contributed by atoms with van der Waals surface area (Å²) >= 11 is 9.34. The Morgan fingerprint density at radius 1 is 1.41 bits per heavy atom. The zero-order valence-electron chi connectivity index (χ0n) is 9.24. The quantitative estimate of drug-likeness (QED) is 0.784. The standard InChI is InChI=1S/C11H12BrClN4/c12-10-7-9(13)8-15-11(10)17-5-3-16(2-1-14)4-6-17/h7-8H,2-6H2. The molecule has 0 radical (unpaired) electrons. The molecule has 0 aromatic carbocycles. The number of anilines is 1. The summed E-state index contributed by atoms with van der Waals surface area (Å²) in [6, 6.07) is 4.03. The highest BCUT2D eigenvalue weighted by Crippen LogP contribution is 2.27. The van der Waals surface area contributed by atoms with Gasteiger partial charge in [0.05, 0.1) is 22.1 Å². The van der Waals surface area contributed by atoms with Crippen LogP contribution in [0.15, 0.2) is 16.7 Å². The van der Waals surface area contributed by atoms with Crippen molar-refractivity contribution in [3.63, 3.8) is 0 Å². The van der Waals surface area contributed by atoms with Crippen molar-refractivity contribution < 1.29 is 0 Å². The molecular formula is C11H12BrClN4. The molecule has 1 aromatic rings. The van der Waals surface area contributed by atoms with Crippen LogP contribution in [-0.2, 0) is 0 Å². The van der Waals surface area contributed by atoms with Crippen LogP contribution in [0.2, 0.25) is 5.02 Å². The van der Waals surface area contributed by atoms with Crippen LogP contribution >= 0.6 is 27.5 Å². The topological polar surface area (TPSA) is 43.2 Å². The van der Waals surface area contributed by atoms with E-state index in [4.69, 9.17) is 16.9 Å². The van der Waals surface area contributed by atoms with Gasteiger partial charge in [0.15, 0.2) is 0 Å². The number of hydrogen-bond donors (Lipinski definition) is 0. The molecule has 0 unspecified atom stereocenters. The van der Waals surface area contributed by atoms with Crippen LogP contribution in [0.25, 0.3) is 0 Å². The Morgan fingerprint density at radius 3 is 2.71 bits per heavy atom. The predicted octanol–water partition coefficient (Wildman–Crippen LogP) is 2.14. The first kappa shape index (κ1) is 12.6. The van der Waals surface area contributed by atoms with E-state index in [0.29, 0.717) is 11.6 Å². The molecular weight excluding hydrogens is 304 g/mol. The number of halogens is 2. The molecule has 4 nitrogen and oxygen atoms in total. The van der Waals surface area contributed by atoms with E-state index in [1.165, 1.54) is 0 Å². The van der Waals surface area contributed by atoms with Crippen LogP contribution in [0.3, 0.4) is 0 Å². The summed E-state index contributed by atoms with van der Waals surface area (Å²) in [6.45, 7) is 4.06. The molecule has 0 aliphatic carbocycles. The van der Waals surface area contributed by atoms with Crippen LogP contribution in [0.1, 0.15) is 0 Å². The Morgan fingerprint density at radius 2 is 2.12 bits per heavy atom. The van der Waals surface area contributed by atoms with Crippen molar-refractivity contribution in [2.24, 2.45) is 0 Å². The highest BCUT2D eigenvalue weighted by atomic mass is 79.9. The molecule has 17 heavy (non-hydrogen) atoms. The fourth-order valence-electron chi connectivity index (χ4n) is 1.86. The van der Waals surface area contributed by atoms with Gasteiger partial charge in [-0.15, -0.1) is 0 Å². The summed E-state index contributed by atoms with van der Waals surface area (Å²) < 4.78 is 0.915.